The zero-order chi connectivity index (χ0) is 11.0. The highest BCUT2D eigenvalue weighted by molar-refractivity contribution is 5.89. The van der Waals surface area contributed by atoms with Crippen molar-refractivity contribution in [1.82, 2.24) is 14.5 Å². The van der Waals surface area contributed by atoms with Crippen molar-refractivity contribution >= 4 is 17.0 Å². The molecule has 1 N–H and O–H groups in total. The molecular formula is C10H11N3O2. The summed E-state index contributed by atoms with van der Waals surface area (Å²) >= 11 is 0. The number of hydrogen-bond acceptors (Lipinski definition) is 3. The molecule has 5 nitrogen and oxygen atoms in total. The lowest BCUT2D eigenvalue weighted by atomic mass is 10.3. The molecular weight excluding hydrogens is 194 g/mol. The second-order valence-corrected chi connectivity index (χ2v) is 3.57. The summed E-state index contributed by atoms with van der Waals surface area (Å²) in [5.41, 5.74) is 1.42. The molecule has 0 fully saturated rings. The van der Waals surface area contributed by atoms with Gasteiger partial charge < -0.3 is 9.67 Å². The number of carboxylic acid groups (broad SMARTS) is 1. The molecule has 0 atom stereocenters. The number of pyridine rings is 1. The SMILES string of the molecule is CC(C)n1c(C(=O)O)nc2cnccc21. The third-order valence-electron chi connectivity index (χ3n) is 2.20. The minimum absolute atomic E-state index is 0.0588. The second kappa shape index (κ2) is 3.34. The first-order valence-electron chi connectivity index (χ1n) is 4.66. The van der Waals surface area contributed by atoms with Gasteiger partial charge in [0.25, 0.3) is 0 Å². The van der Waals surface area contributed by atoms with Crippen molar-refractivity contribution in [2.45, 2.75) is 19.9 Å². The highest BCUT2D eigenvalue weighted by atomic mass is 16.4. The number of hydrogen-bond donors (Lipinski definition) is 1. The Bertz CT molecular complexity index is 516. The number of carboxylic acids is 1. The Morgan fingerprint density at radius 3 is 2.87 bits per heavy atom. The van der Waals surface area contributed by atoms with Crippen LogP contribution >= 0.6 is 0 Å². The van der Waals surface area contributed by atoms with Crippen molar-refractivity contribution < 1.29 is 9.90 Å². The predicted octanol–water partition coefficient (Wildman–Crippen LogP) is 1.71. The number of imidazole rings is 1. The molecule has 0 aliphatic carbocycles. The van der Waals surface area contributed by atoms with Crippen LogP contribution in [0.1, 0.15) is 30.5 Å². The molecule has 15 heavy (non-hydrogen) atoms. The van der Waals surface area contributed by atoms with Gasteiger partial charge in [-0.05, 0) is 19.9 Å². The lowest BCUT2D eigenvalue weighted by Gasteiger charge is -2.09. The van der Waals surface area contributed by atoms with Crippen LogP contribution in [0.5, 0.6) is 0 Å². The van der Waals surface area contributed by atoms with E-state index in [9.17, 15) is 4.79 Å². The first-order chi connectivity index (χ1) is 7.11. The highest BCUT2D eigenvalue weighted by Gasteiger charge is 2.18. The van der Waals surface area contributed by atoms with Gasteiger partial charge in [-0.2, -0.15) is 0 Å². The van der Waals surface area contributed by atoms with E-state index < -0.39 is 5.97 Å². The maximum Gasteiger partial charge on any atom is 0.372 e. The highest BCUT2D eigenvalue weighted by Crippen LogP contribution is 2.19. The fourth-order valence-corrected chi connectivity index (χ4v) is 1.62. The van der Waals surface area contributed by atoms with Gasteiger partial charge in [0.2, 0.25) is 5.82 Å². The third-order valence-corrected chi connectivity index (χ3v) is 2.20. The van der Waals surface area contributed by atoms with Crippen molar-refractivity contribution in [3.8, 4) is 0 Å². The number of aromatic carboxylic acids is 1. The number of fused-ring (bicyclic) bond motifs is 1. The maximum absolute atomic E-state index is 11.0. The summed E-state index contributed by atoms with van der Waals surface area (Å²) in [5, 5.41) is 9.01. The van der Waals surface area contributed by atoms with Crippen molar-refractivity contribution in [3.63, 3.8) is 0 Å². The van der Waals surface area contributed by atoms with E-state index in [-0.39, 0.29) is 11.9 Å². The van der Waals surface area contributed by atoms with Crippen LogP contribution in [0.4, 0.5) is 0 Å². The van der Waals surface area contributed by atoms with Crippen LogP contribution in [0, 0.1) is 0 Å². The van der Waals surface area contributed by atoms with Crippen molar-refractivity contribution in [2.75, 3.05) is 0 Å². The summed E-state index contributed by atoms with van der Waals surface area (Å²) in [6.45, 7) is 3.85. The van der Waals surface area contributed by atoms with Gasteiger partial charge in [-0.1, -0.05) is 0 Å². The molecule has 78 valence electrons. The van der Waals surface area contributed by atoms with Gasteiger partial charge in [-0.3, -0.25) is 4.98 Å². The second-order valence-electron chi connectivity index (χ2n) is 3.57. The van der Waals surface area contributed by atoms with Gasteiger partial charge >= 0.3 is 5.97 Å². The topological polar surface area (TPSA) is 68.0 Å². The molecule has 0 spiro atoms. The third kappa shape index (κ3) is 1.45. The molecule has 0 saturated carbocycles. The molecule has 2 aromatic heterocycles. The van der Waals surface area contributed by atoms with Crippen LogP contribution in [-0.4, -0.2) is 25.6 Å². The summed E-state index contributed by atoms with van der Waals surface area (Å²) in [7, 11) is 0. The van der Waals surface area contributed by atoms with Gasteiger partial charge in [0.15, 0.2) is 0 Å². The van der Waals surface area contributed by atoms with Crippen LogP contribution in [0.15, 0.2) is 18.5 Å². The normalized spacial score (nSPS) is 11.1. The summed E-state index contributed by atoms with van der Waals surface area (Å²) in [4.78, 5) is 18.9. The van der Waals surface area contributed by atoms with Crippen molar-refractivity contribution in [1.29, 1.82) is 0 Å². The standard InChI is InChI=1S/C10H11N3O2/c1-6(2)13-8-3-4-11-5-7(8)12-9(13)10(14)15/h3-6H,1-2H3,(H,14,15). The minimum atomic E-state index is -1.01. The Balaban J connectivity index is 2.80. The lowest BCUT2D eigenvalue weighted by molar-refractivity contribution is 0.0677. The Kier molecular flexibility index (Phi) is 2.15. The van der Waals surface area contributed by atoms with Gasteiger partial charge in [0, 0.05) is 12.2 Å². The molecule has 2 rings (SSSR count). The summed E-state index contributed by atoms with van der Waals surface area (Å²) in [5.74, 6) is -0.951. The van der Waals surface area contributed by atoms with Crippen molar-refractivity contribution in [2.24, 2.45) is 0 Å². The molecule has 0 aromatic carbocycles. The lowest BCUT2D eigenvalue weighted by Crippen LogP contribution is -2.11. The molecule has 0 unspecified atom stereocenters. The Labute approximate surface area is 86.4 Å². The summed E-state index contributed by atoms with van der Waals surface area (Å²) in [6.07, 6.45) is 3.20. The van der Waals surface area contributed by atoms with Gasteiger partial charge in [-0.25, -0.2) is 9.78 Å². The maximum atomic E-state index is 11.0. The molecule has 0 aliphatic heterocycles. The predicted molar refractivity (Wildman–Crippen MR) is 54.9 cm³/mol. The summed E-state index contributed by atoms with van der Waals surface area (Å²) < 4.78 is 1.69. The van der Waals surface area contributed by atoms with E-state index in [1.54, 1.807) is 23.0 Å². The van der Waals surface area contributed by atoms with E-state index in [4.69, 9.17) is 5.11 Å². The van der Waals surface area contributed by atoms with E-state index in [0.717, 1.165) is 5.52 Å². The van der Waals surface area contributed by atoms with E-state index in [1.807, 2.05) is 13.8 Å². The van der Waals surface area contributed by atoms with Crippen LogP contribution in [0.2, 0.25) is 0 Å². The number of nitrogens with zero attached hydrogens (tertiary/aromatic N) is 3. The fraction of sp³-hybridized carbons (Fsp3) is 0.300. The zero-order valence-corrected chi connectivity index (χ0v) is 8.51. The van der Waals surface area contributed by atoms with Gasteiger partial charge in [0.05, 0.1) is 11.7 Å². The molecule has 2 aromatic rings. The molecule has 0 radical (unpaired) electrons. The summed E-state index contributed by atoms with van der Waals surface area (Å²) in [6, 6.07) is 1.83. The molecule has 5 heteroatoms. The Morgan fingerprint density at radius 2 is 2.27 bits per heavy atom. The largest absolute Gasteiger partial charge is 0.475 e. The zero-order valence-electron chi connectivity index (χ0n) is 8.51. The quantitative estimate of drug-likeness (QED) is 0.810. The van der Waals surface area contributed by atoms with E-state index in [0.29, 0.717) is 5.52 Å². The minimum Gasteiger partial charge on any atom is -0.475 e. The first kappa shape index (κ1) is 9.64. The molecule has 2 heterocycles. The molecule has 0 saturated heterocycles. The Morgan fingerprint density at radius 1 is 1.53 bits per heavy atom. The van der Waals surface area contributed by atoms with Crippen LogP contribution in [0.3, 0.4) is 0 Å². The van der Waals surface area contributed by atoms with Crippen LogP contribution in [-0.2, 0) is 0 Å². The Hall–Kier alpha value is -1.91. The number of rotatable bonds is 2. The monoisotopic (exact) mass is 205 g/mol. The van der Waals surface area contributed by atoms with Crippen LogP contribution < -0.4 is 0 Å². The smallest absolute Gasteiger partial charge is 0.372 e. The average Bonchev–Trinajstić information content (AvgIpc) is 2.56. The van der Waals surface area contributed by atoms with Gasteiger partial charge in [0.1, 0.15) is 5.52 Å². The molecule has 0 amide bonds. The fourth-order valence-electron chi connectivity index (χ4n) is 1.62. The van der Waals surface area contributed by atoms with E-state index in [2.05, 4.69) is 9.97 Å². The van der Waals surface area contributed by atoms with Crippen molar-refractivity contribution in [3.05, 3.63) is 24.3 Å². The number of carbonyl (C=O) groups is 1. The molecule has 0 aliphatic rings. The van der Waals surface area contributed by atoms with E-state index in [1.165, 1.54) is 0 Å². The first-order valence-corrected chi connectivity index (χ1v) is 4.66. The molecule has 0 bridgehead atoms. The van der Waals surface area contributed by atoms with Gasteiger partial charge in [-0.15, -0.1) is 0 Å². The number of aromatic nitrogens is 3. The van der Waals surface area contributed by atoms with Crippen LogP contribution in [0.25, 0.3) is 11.0 Å². The van der Waals surface area contributed by atoms with E-state index >= 15 is 0 Å². The average molecular weight is 205 g/mol.